The molecule has 2 rings (SSSR count). The highest BCUT2D eigenvalue weighted by atomic mass is 19.1. The Bertz CT molecular complexity index is 775. The van der Waals surface area contributed by atoms with Gasteiger partial charge in [-0.15, -0.1) is 0 Å². The number of hydrogen-bond acceptors (Lipinski definition) is 4. The minimum Gasteiger partial charge on any atom is -0.465 e. The van der Waals surface area contributed by atoms with Crippen molar-refractivity contribution in [1.29, 1.82) is 0 Å². The van der Waals surface area contributed by atoms with Gasteiger partial charge < -0.3 is 15.4 Å². The molecule has 0 aliphatic heterocycles. The van der Waals surface area contributed by atoms with Gasteiger partial charge in [-0.25, -0.2) is 9.18 Å². The Morgan fingerprint density at radius 3 is 2.42 bits per heavy atom. The van der Waals surface area contributed by atoms with Gasteiger partial charge in [0.05, 0.1) is 19.2 Å². The van der Waals surface area contributed by atoms with Crippen LogP contribution in [-0.4, -0.2) is 25.5 Å². The average Bonchev–Trinajstić information content (AvgIpc) is 2.56. The van der Waals surface area contributed by atoms with E-state index in [9.17, 15) is 14.0 Å². The summed E-state index contributed by atoms with van der Waals surface area (Å²) in [7, 11) is 1.31. The molecule has 0 atom stereocenters. The molecule has 2 aromatic rings. The third-order valence-corrected chi connectivity index (χ3v) is 3.57. The summed E-state index contributed by atoms with van der Waals surface area (Å²) in [6, 6.07) is 9.26. The molecule has 2 N–H and O–H groups in total. The number of benzene rings is 2. The summed E-state index contributed by atoms with van der Waals surface area (Å²) in [6.45, 7) is 3.63. The van der Waals surface area contributed by atoms with Crippen LogP contribution in [0.1, 0.15) is 21.5 Å². The lowest BCUT2D eigenvalue weighted by Crippen LogP contribution is -2.22. The molecule has 0 spiro atoms. The van der Waals surface area contributed by atoms with Crippen molar-refractivity contribution in [3.8, 4) is 0 Å². The van der Waals surface area contributed by atoms with Crippen LogP contribution in [0.3, 0.4) is 0 Å². The van der Waals surface area contributed by atoms with Crippen molar-refractivity contribution in [1.82, 2.24) is 0 Å². The number of nitrogens with one attached hydrogen (secondary N) is 2. The maximum absolute atomic E-state index is 13.2. The van der Waals surface area contributed by atoms with E-state index in [2.05, 4.69) is 15.4 Å². The van der Waals surface area contributed by atoms with Gasteiger partial charge in [-0.05, 0) is 49.2 Å². The van der Waals surface area contributed by atoms with E-state index in [1.54, 1.807) is 31.2 Å². The van der Waals surface area contributed by atoms with Crippen molar-refractivity contribution in [3.05, 3.63) is 58.9 Å². The summed E-state index contributed by atoms with van der Waals surface area (Å²) in [5, 5.41) is 5.63. The Morgan fingerprint density at radius 1 is 1.04 bits per heavy atom. The Balaban J connectivity index is 2.03. The van der Waals surface area contributed by atoms with Gasteiger partial charge in [0.2, 0.25) is 5.91 Å². The van der Waals surface area contributed by atoms with Crippen LogP contribution in [0, 0.1) is 19.7 Å². The molecule has 0 saturated heterocycles. The van der Waals surface area contributed by atoms with Crippen LogP contribution in [0.15, 0.2) is 36.4 Å². The van der Waals surface area contributed by atoms with E-state index in [0.717, 1.165) is 11.1 Å². The number of rotatable bonds is 5. The molecule has 5 nitrogen and oxygen atoms in total. The molecule has 24 heavy (non-hydrogen) atoms. The molecule has 0 aliphatic carbocycles. The van der Waals surface area contributed by atoms with E-state index in [-0.39, 0.29) is 12.5 Å². The van der Waals surface area contributed by atoms with Crippen LogP contribution in [0.5, 0.6) is 0 Å². The van der Waals surface area contributed by atoms with Crippen molar-refractivity contribution in [3.63, 3.8) is 0 Å². The van der Waals surface area contributed by atoms with Crippen LogP contribution in [0.2, 0.25) is 0 Å². The summed E-state index contributed by atoms with van der Waals surface area (Å²) in [5.41, 5.74) is 3.14. The van der Waals surface area contributed by atoms with Gasteiger partial charge in [0.1, 0.15) is 5.82 Å². The number of anilines is 2. The van der Waals surface area contributed by atoms with E-state index in [1.165, 1.54) is 19.2 Å². The third-order valence-electron chi connectivity index (χ3n) is 3.57. The molecule has 0 saturated carbocycles. The lowest BCUT2D eigenvalue weighted by atomic mass is 10.1. The van der Waals surface area contributed by atoms with Crippen molar-refractivity contribution in [2.45, 2.75) is 13.8 Å². The number of hydrogen-bond donors (Lipinski definition) is 2. The van der Waals surface area contributed by atoms with Gasteiger partial charge in [0.25, 0.3) is 0 Å². The molecule has 2 aromatic carbocycles. The molecule has 0 aliphatic rings. The number of ether oxygens (including phenoxy) is 1. The average molecular weight is 330 g/mol. The van der Waals surface area contributed by atoms with Gasteiger partial charge in [0.15, 0.2) is 0 Å². The van der Waals surface area contributed by atoms with Gasteiger partial charge >= 0.3 is 5.97 Å². The predicted octanol–water partition coefficient (Wildman–Crippen LogP) is 3.28. The van der Waals surface area contributed by atoms with Crippen LogP contribution >= 0.6 is 0 Å². The minimum absolute atomic E-state index is 0.0125. The van der Waals surface area contributed by atoms with Crippen molar-refractivity contribution < 1.29 is 18.7 Å². The molecule has 6 heteroatoms. The molecule has 0 fully saturated rings. The monoisotopic (exact) mass is 330 g/mol. The summed E-state index contributed by atoms with van der Waals surface area (Å²) >= 11 is 0. The Labute approximate surface area is 139 Å². The fraction of sp³-hybridized carbons (Fsp3) is 0.222. The lowest BCUT2D eigenvalue weighted by Gasteiger charge is -2.12. The van der Waals surface area contributed by atoms with E-state index >= 15 is 0 Å². The van der Waals surface area contributed by atoms with Crippen molar-refractivity contribution in [2.75, 3.05) is 24.3 Å². The first kappa shape index (κ1) is 17.5. The molecule has 0 aromatic heterocycles. The van der Waals surface area contributed by atoms with E-state index in [1.807, 2.05) is 6.92 Å². The van der Waals surface area contributed by atoms with Crippen LogP contribution < -0.4 is 10.6 Å². The Kier molecular flexibility index (Phi) is 5.52. The first-order valence-corrected chi connectivity index (χ1v) is 7.39. The largest absolute Gasteiger partial charge is 0.465 e. The molecular weight excluding hydrogens is 311 g/mol. The quantitative estimate of drug-likeness (QED) is 0.826. The zero-order valence-corrected chi connectivity index (χ0v) is 13.8. The summed E-state index contributed by atoms with van der Waals surface area (Å²) in [4.78, 5) is 23.6. The lowest BCUT2D eigenvalue weighted by molar-refractivity contribution is -0.114. The number of aryl methyl sites for hydroxylation is 2. The van der Waals surface area contributed by atoms with Gasteiger partial charge in [0, 0.05) is 11.4 Å². The second kappa shape index (κ2) is 7.59. The Hall–Kier alpha value is -2.89. The van der Waals surface area contributed by atoms with E-state index in [0.29, 0.717) is 16.9 Å². The highest BCUT2D eigenvalue weighted by Crippen LogP contribution is 2.18. The molecule has 0 bridgehead atoms. The molecule has 126 valence electrons. The zero-order chi connectivity index (χ0) is 17.7. The zero-order valence-electron chi connectivity index (χ0n) is 13.8. The summed E-state index contributed by atoms with van der Waals surface area (Å²) in [6.07, 6.45) is 0. The summed E-state index contributed by atoms with van der Waals surface area (Å²) < 4.78 is 17.9. The maximum atomic E-state index is 13.2. The number of carbonyl (C=O) groups excluding carboxylic acids is 2. The van der Waals surface area contributed by atoms with Crippen LogP contribution in [0.4, 0.5) is 15.8 Å². The number of amides is 1. The number of halogens is 1. The maximum Gasteiger partial charge on any atom is 0.337 e. The smallest absolute Gasteiger partial charge is 0.337 e. The molecule has 0 heterocycles. The van der Waals surface area contributed by atoms with E-state index in [4.69, 9.17) is 0 Å². The summed E-state index contributed by atoms with van der Waals surface area (Å²) in [5.74, 6) is -1.17. The first-order chi connectivity index (χ1) is 11.4. The van der Waals surface area contributed by atoms with Gasteiger partial charge in [-0.3, -0.25) is 4.79 Å². The normalized spacial score (nSPS) is 10.2. The second-order valence-electron chi connectivity index (χ2n) is 5.38. The Morgan fingerprint density at radius 2 is 1.71 bits per heavy atom. The highest BCUT2D eigenvalue weighted by Gasteiger charge is 2.10. The predicted molar refractivity (Wildman–Crippen MR) is 90.8 cm³/mol. The third kappa shape index (κ3) is 4.32. The standard InChI is InChI=1S/C18H19FN2O3/c1-11-4-6-13(18(23)24-3)8-15(11)20-10-17(22)21-16-9-14(19)7-5-12(16)2/h4-9,20H,10H2,1-3H3,(H,21,22). The van der Waals surface area contributed by atoms with Crippen molar-refractivity contribution >= 4 is 23.3 Å². The number of carbonyl (C=O) groups is 2. The van der Waals surface area contributed by atoms with Gasteiger partial charge in [-0.1, -0.05) is 12.1 Å². The van der Waals surface area contributed by atoms with Gasteiger partial charge in [-0.2, -0.15) is 0 Å². The topological polar surface area (TPSA) is 67.4 Å². The molecular formula is C18H19FN2O3. The molecule has 0 radical (unpaired) electrons. The first-order valence-electron chi connectivity index (χ1n) is 7.39. The second-order valence-corrected chi connectivity index (χ2v) is 5.38. The minimum atomic E-state index is -0.446. The SMILES string of the molecule is COC(=O)c1ccc(C)c(NCC(=O)Nc2cc(F)ccc2C)c1. The van der Waals surface area contributed by atoms with Crippen LogP contribution in [0.25, 0.3) is 0 Å². The fourth-order valence-electron chi connectivity index (χ4n) is 2.16. The van der Waals surface area contributed by atoms with E-state index < -0.39 is 11.8 Å². The fourth-order valence-corrected chi connectivity index (χ4v) is 2.16. The highest BCUT2D eigenvalue weighted by molar-refractivity contribution is 5.95. The van der Waals surface area contributed by atoms with Crippen molar-refractivity contribution in [2.24, 2.45) is 0 Å². The molecule has 1 amide bonds. The number of methoxy groups -OCH3 is 1. The molecule has 0 unspecified atom stereocenters. The van der Waals surface area contributed by atoms with Crippen LogP contribution in [-0.2, 0) is 9.53 Å². The number of esters is 1.